The molecule has 0 spiro atoms. The van der Waals surface area contributed by atoms with Gasteiger partial charge in [0.25, 0.3) is 0 Å². The standard InChI is InChI=1S/C25H23ClF3NO/c1-3-20-22(29)6-5-7-23(20)30-25(31)21(4-2)24(15-8-10-17(26)11-9-15)16-12-18(27)14-19(28)13-16/h5-14,21,24H,3-4H2,1-2H3,(H,30,31). The maximum Gasteiger partial charge on any atom is 0.228 e. The summed E-state index contributed by atoms with van der Waals surface area (Å²) in [5.74, 6) is -3.46. The van der Waals surface area contributed by atoms with Gasteiger partial charge in [0.05, 0.1) is 0 Å². The number of amides is 1. The van der Waals surface area contributed by atoms with Crippen LogP contribution in [-0.4, -0.2) is 5.91 Å². The molecule has 6 heteroatoms. The van der Waals surface area contributed by atoms with Crippen LogP contribution in [0.25, 0.3) is 0 Å². The number of nitrogens with one attached hydrogen (secondary N) is 1. The summed E-state index contributed by atoms with van der Waals surface area (Å²) in [5.41, 5.74) is 1.85. The molecule has 0 aliphatic heterocycles. The zero-order valence-electron chi connectivity index (χ0n) is 17.3. The second kappa shape index (κ2) is 10.0. The molecule has 31 heavy (non-hydrogen) atoms. The molecule has 3 aromatic rings. The fraction of sp³-hybridized carbons (Fsp3) is 0.240. The first-order valence-corrected chi connectivity index (χ1v) is 10.5. The summed E-state index contributed by atoms with van der Waals surface area (Å²) in [6.45, 7) is 3.63. The summed E-state index contributed by atoms with van der Waals surface area (Å²) in [6, 6.07) is 14.6. The van der Waals surface area contributed by atoms with Crippen molar-refractivity contribution in [1.29, 1.82) is 0 Å². The van der Waals surface area contributed by atoms with Gasteiger partial charge in [-0.05, 0) is 60.4 Å². The second-order valence-corrected chi connectivity index (χ2v) is 7.79. The van der Waals surface area contributed by atoms with E-state index in [9.17, 15) is 18.0 Å². The van der Waals surface area contributed by atoms with E-state index in [1.54, 1.807) is 37.3 Å². The van der Waals surface area contributed by atoms with Gasteiger partial charge in [-0.2, -0.15) is 0 Å². The molecule has 0 aromatic heterocycles. The quantitative estimate of drug-likeness (QED) is 0.412. The van der Waals surface area contributed by atoms with Crippen LogP contribution >= 0.6 is 11.6 Å². The van der Waals surface area contributed by atoms with E-state index in [4.69, 9.17) is 11.6 Å². The highest BCUT2D eigenvalue weighted by Crippen LogP contribution is 2.36. The lowest BCUT2D eigenvalue weighted by molar-refractivity contribution is -0.120. The molecule has 0 bridgehead atoms. The van der Waals surface area contributed by atoms with Gasteiger partial charge in [0.1, 0.15) is 17.5 Å². The van der Waals surface area contributed by atoms with Gasteiger partial charge in [-0.3, -0.25) is 4.79 Å². The van der Waals surface area contributed by atoms with Gasteiger partial charge >= 0.3 is 0 Å². The van der Waals surface area contributed by atoms with Crippen LogP contribution in [0.4, 0.5) is 18.9 Å². The highest BCUT2D eigenvalue weighted by atomic mass is 35.5. The van der Waals surface area contributed by atoms with Gasteiger partial charge in [-0.1, -0.05) is 43.6 Å². The minimum atomic E-state index is -0.720. The van der Waals surface area contributed by atoms with E-state index in [2.05, 4.69) is 5.32 Å². The lowest BCUT2D eigenvalue weighted by atomic mass is 9.78. The van der Waals surface area contributed by atoms with E-state index in [0.29, 0.717) is 40.2 Å². The minimum Gasteiger partial charge on any atom is -0.325 e. The number of hydrogen-bond acceptors (Lipinski definition) is 1. The molecule has 0 saturated carbocycles. The maximum atomic E-state index is 14.2. The van der Waals surface area contributed by atoms with Crippen LogP contribution in [0.5, 0.6) is 0 Å². The van der Waals surface area contributed by atoms with Crippen LogP contribution in [0.3, 0.4) is 0 Å². The Hall–Kier alpha value is -2.79. The zero-order valence-corrected chi connectivity index (χ0v) is 18.0. The van der Waals surface area contributed by atoms with Gasteiger partial charge < -0.3 is 5.32 Å². The Balaban J connectivity index is 2.04. The Morgan fingerprint density at radius 2 is 1.58 bits per heavy atom. The molecule has 1 N–H and O–H groups in total. The van der Waals surface area contributed by atoms with Crippen molar-refractivity contribution in [2.24, 2.45) is 5.92 Å². The number of rotatable bonds is 7. The number of halogens is 4. The predicted octanol–water partition coefficient (Wildman–Crippen LogP) is 7.12. The average molecular weight is 446 g/mol. The van der Waals surface area contributed by atoms with E-state index >= 15 is 0 Å². The zero-order chi connectivity index (χ0) is 22.5. The van der Waals surface area contributed by atoms with E-state index in [0.717, 1.165) is 6.07 Å². The number of carbonyl (C=O) groups excluding carboxylic acids is 1. The first kappa shape index (κ1) is 22.9. The van der Waals surface area contributed by atoms with Gasteiger partial charge in [-0.25, -0.2) is 13.2 Å². The molecular formula is C25H23ClF3NO. The molecule has 0 aliphatic rings. The fourth-order valence-corrected chi connectivity index (χ4v) is 4.04. The third-order valence-corrected chi connectivity index (χ3v) is 5.63. The molecule has 162 valence electrons. The van der Waals surface area contributed by atoms with Crippen LogP contribution in [0.15, 0.2) is 60.7 Å². The third-order valence-electron chi connectivity index (χ3n) is 5.38. The Bertz CT molecular complexity index is 1050. The van der Waals surface area contributed by atoms with Crippen molar-refractivity contribution in [2.45, 2.75) is 32.6 Å². The van der Waals surface area contributed by atoms with Crippen LogP contribution in [0.1, 0.15) is 42.9 Å². The van der Waals surface area contributed by atoms with Gasteiger partial charge in [0.15, 0.2) is 0 Å². The summed E-state index contributed by atoms with van der Waals surface area (Å²) in [4.78, 5) is 13.3. The summed E-state index contributed by atoms with van der Waals surface area (Å²) in [6.07, 6.45) is 0.808. The summed E-state index contributed by atoms with van der Waals surface area (Å²) in [7, 11) is 0. The summed E-state index contributed by atoms with van der Waals surface area (Å²) in [5, 5.41) is 3.33. The maximum absolute atomic E-state index is 14.2. The smallest absolute Gasteiger partial charge is 0.228 e. The number of hydrogen-bond donors (Lipinski definition) is 1. The van der Waals surface area contributed by atoms with Crippen LogP contribution in [-0.2, 0) is 11.2 Å². The number of anilines is 1. The van der Waals surface area contributed by atoms with Crippen molar-refractivity contribution in [3.05, 3.63) is 99.8 Å². The first-order chi connectivity index (χ1) is 14.8. The van der Waals surface area contributed by atoms with Gasteiger partial charge in [-0.15, -0.1) is 0 Å². The number of carbonyl (C=O) groups is 1. The Kier molecular flexibility index (Phi) is 7.39. The molecule has 3 aromatic carbocycles. The van der Waals surface area contributed by atoms with Crippen molar-refractivity contribution >= 4 is 23.2 Å². The largest absolute Gasteiger partial charge is 0.325 e. The predicted molar refractivity (Wildman–Crippen MR) is 118 cm³/mol. The second-order valence-electron chi connectivity index (χ2n) is 7.36. The van der Waals surface area contributed by atoms with Crippen molar-refractivity contribution < 1.29 is 18.0 Å². The SMILES string of the molecule is CCc1c(F)cccc1NC(=O)C(CC)C(c1ccc(Cl)cc1)c1cc(F)cc(F)c1. The van der Waals surface area contributed by atoms with Crippen LogP contribution < -0.4 is 5.32 Å². The molecule has 3 rings (SSSR count). The lowest BCUT2D eigenvalue weighted by Crippen LogP contribution is -2.29. The highest BCUT2D eigenvalue weighted by molar-refractivity contribution is 6.30. The van der Waals surface area contributed by atoms with Gasteiger partial charge in [0, 0.05) is 34.2 Å². The van der Waals surface area contributed by atoms with Crippen molar-refractivity contribution in [2.75, 3.05) is 5.32 Å². The Morgan fingerprint density at radius 1 is 0.935 bits per heavy atom. The van der Waals surface area contributed by atoms with E-state index in [-0.39, 0.29) is 5.91 Å². The van der Waals surface area contributed by atoms with Crippen LogP contribution in [0, 0.1) is 23.4 Å². The van der Waals surface area contributed by atoms with Crippen molar-refractivity contribution in [3.8, 4) is 0 Å². The molecule has 1 amide bonds. The highest BCUT2D eigenvalue weighted by Gasteiger charge is 2.31. The van der Waals surface area contributed by atoms with E-state index < -0.39 is 29.3 Å². The third kappa shape index (κ3) is 5.28. The summed E-state index contributed by atoms with van der Waals surface area (Å²) < 4.78 is 42.2. The first-order valence-electron chi connectivity index (χ1n) is 10.1. The topological polar surface area (TPSA) is 29.1 Å². The molecule has 2 unspecified atom stereocenters. The molecule has 0 radical (unpaired) electrons. The van der Waals surface area contributed by atoms with Gasteiger partial charge in [0.2, 0.25) is 5.91 Å². The Labute approximate surface area is 185 Å². The molecule has 2 nitrogen and oxygen atoms in total. The van der Waals surface area contributed by atoms with Crippen molar-refractivity contribution in [3.63, 3.8) is 0 Å². The Morgan fingerprint density at radius 3 is 2.16 bits per heavy atom. The number of benzene rings is 3. The van der Waals surface area contributed by atoms with Crippen molar-refractivity contribution in [1.82, 2.24) is 0 Å². The average Bonchev–Trinajstić information content (AvgIpc) is 2.72. The molecule has 0 aliphatic carbocycles. The molecule has 2 atom stereocenters. The molecule has 0 saturated heterocycles. The van der Waals surface area contributed by atoms with Crippen LogP contribution in [0.2, 0.25) is 5.02 Å². The normalized spacial score (nSPS) is 13.0. The fourth-order valence-electron chi connectivity index (χ4n) is 3.91. The summed E-state index contributed by atoms with van der Waals surface area (Å²) >= 11 is 6.01. The minimum absolute atomic E-state index is 0.344. The van der Waals surface area contributed by atoms with E-state index in [1.807, 2.05) is 6.92 Å². The van der Waals surface area contributed by atoms with E-state index in [1.165, 1.54) is 24.3 Å². The molecule has 0 heterocycles. The lowest BCUT2D eigenvalue weighted by Gasteiger charge is -2.27. The monoisotopic (exact) mass is 445 g/mol. The molecular weight excluding hydrogens is 423 g/mol. The molecule has 0 fully saturated rings.